The molecule has 156 valence electrons. The van der Waals surface area contributed by atoms with Crippen LogP contribution in [0.1, 0.15) is 56.3 Å². The molecule has 1 heterocycles. The van der Waals surface area contributed by atoms with Gasteiger partial charge in [-0.05, 0) is 45.1 Å². The average molecular weight is 416 g/mol. The highest BCUT2D eigenvalue weighted by molar-refractivity contribution is 7.15. The molecule has 29 heavy (non-hydrogen) atoms. The molecular weight excluding hydrogens is 384 g/mol. The number of anilines is 1. The third-order valence-electron chi connectivity index (χ3n) is 5.63. The zero-order valence-corrected chi connectivity index (χ0v) is 18.1. The van der Waals surface area contributed by atoms with Crippen molar-refractivity contribution in [3.8, 4) is 11.1 Å². The molecule has 0 bridgehead atoms. The summed E-state index contributed by atoms with van der Waals surface area (Å²) >= 11 is 1.38. The molecule has 5 nitrogen and oxygen atoms in total. The molecule has 1 aromatic carbocycles. The van der Waals surface area contributed by atoms with E-state index in [-0.39, 0.29) is 5.91 Å². The monoisotopic (exact) mass is 415 g/mol. The molecule has 1 amide bonds. The second-order valence-electron chi connectivity index (χ2n) is 7.51. The number of thiophene rings is 1. The summed E-state index contributed by atoms with van der Waals surface area (Å²) in [5.41, 5.74) is 2.19. The lowest BCUT2D eigenvalue weighted by Gasteiger charge is -2.30. The first-order valence-electron chi connectivity index (χ1n) is 10.6. The minimum atomic E-state index is -0.394. The maximum Gasteiger partial charge on any atom is 0.341 e. The van der Waals surface area contributed by atoms with E-state index in [1.54, 1.807) is 6.92 Å². The Bertz CT molecular complexity index is 813. The van der Waals surface area contributed by atoms with Gasteiger partial charge in [-0.3, -0.25) is 4.79 Å². The Balaban J connectivity index is 1.78. The van der Waals surface area contributed by atoms with Crippen LogP contribution < -0.4 is 10.2 Å². The molecule has 1 aromatic heterocycles. The molecule has 1 unspecified atom stereocenters. The molecule has 1 aliphatic carbocycles. The Morgan fingerprint density at radius 3 is 2.52 bits per heavy atom. The van der Waals surface area contributed by atoms with Crippen LogP contribution in [0.4, 0.5) is 5.00 Å². The van der Waals surface area contributed by atoms with Crippen molar-refractivity contribution in [2.45, 2.75) is 52.0 Å². The van der Waals surface area contributed by atoms with Crippen LogP contribution in [0.15, 0.2) is 35.7 Å². The highest BCUT2D eigenvalue weighted by atomic mass is 32.1. The quantitative estimate of drug-likeness (QED) is 0.645. The summed E-state index contributed by atoms with van der Waals surface area (Å²) in [7, 11) is 0. The van der Waals surface area contributed by atoms with Crippen LogP contribution in [-0.4, -0.2) is 37.6 Å². The molecule has 3 rings (SSSR count). The number of nitrogens with one attached hydrogen (secondary N) is 2. The number of ether oxygens (including phenoxy) is 1. The molecule has 0 aliphatic heterocycles. The number of benzene rings is 1. The summed E-state index contributed by atoms with van der Waals surface area (Å²) in [6.07, 6.45) is 6.21. The minimum absolute atomic E-state index is 0.0422. The van der Waals surface area contributed by atoms with Crippen LogP contribution in [0.2, 0.25) is 0 Å². The van der Waals surface area contributed by atoms with E-state index in [2.05, 4.69) is 12.2 Å². The van der Waals surface area contributed by atoms with Crippen molar-refractivity contribution in [1.82, 2.24) is 0 Å². The fourth-order valence-corrected chi connectivity index (χ4v) is 5.11. The minimum Gasteiger partial charge on any atom is -0.462 e. The Hall–Kier alpha value is -2.18. The first-order valence-corrected chi connectivity index (χ1v) is 11.5. The number of carbonyl (C=O) groups excluding carboxylic acids is 2. The molecule has 2 N–H and O–H groups in total. The molecule has 1 fully saturated rings. The number of quaternary nitrogens is 1. The van der Waals surface area contributed by atoms with Gasteiger partial charge in [-0.1, -0.05) is 36.8 Å². The smallest absolute Gasteiger partial charge is 0.341 e. The first-order chi connectivity index (χ1) is 14.1. The van der Waals surface area contributed by atoms with Gasteiger partial charge in [0.15, 0.2) is 6.54 Å². The number of esters is 1. The molecule has 6 heteroatoms. The van der Waals surface area contributed by atoms with Gasteiger partial charge in [0.2, 0.25) is 0 Å². The van der Waals surface area contributed by atoms with E-state index in [9.17, 15) is 9.59 Å². The predicted octanol–water partition coefficient (Wildman–Crippen LogP) is 3.77. The second kappa shape index (κ2) is 10.6. The summed E-state index contributed by atoms with van der Waals surface area (Å²) in [5, 5.41) is 5.50. The normalized spacial score (nSPS) is 15.7. The maximum atomic E-state index is 12.8. The van der Waals surface area contributed by atoms with Crippen LogP contribution in [0, 0.1) is 0 Å². The van der Waals surface area contributed by atoms with E-state index in [0.717, 1.165) is 17.7 Å². The largest absolute Gasteiger partial charge is 0.462 e. The van der Waals surface area contributed by atoms with Gasteiger partial charge in [-0.2, -0.15) is 0 Å². The van der Waals surface area contributed by atoms with Gasteiger partial charge in [0, 0.05) is 10.9 Å². The number of amides is 1. The van der Waals surface area contributed by atoms with Crippen LogP contribution in [0.5, 0.6) is 0 Å². The fourth-order valence-electron chi connectivity index (χ4n) is 4.13. The lowest BCUT2D eigenvalue weighted by molar-refractivity contribution is -0.917. The number of hydrogen-bond acceptors (Lipinski definition) is 4. The molecule has 0 radical (unpaired) electrons. The SMILES string of the molecule is CCOC(=O)c1c(-c2ccccc2)csc1NC(=O)C[NH+](CC)C1CCCCC1. The summed E-state index contributed by atoms with van der Waals surface area (Å²) in [5.74, 6) is -0.436. The third kappa shape index (κ3) is 5.46. The van der Waals surface area contributed by atoms with Crippen LogP contribution in [0.25, 0.3) is 11.1 Å². The zero-order valence-electron chi connectivity index (χ0n) is 17.3. The van der Waals surface area contributed by atoms with Crippen molar-refractivity contribution in [3.63, 3.8) is 0 Å². The number of hydrogen-bond donors (Lipinski definition) is 2. The van der Waals surface area contributed by atoms with Gasteiger partial charge in [-0.25, -0.2) is 4.79 Å². The zero-order chi connectivity index (χ0) is 20.6. The van der Waals surface area contributed by atoms with Gasteiger partial charge in [0.05, 0.1) is 19.2 Å². The van der Waals surface area contributed by atoms with Gasteiger partial charge in [0.1, 0.15) is 10.6 Å². The molecule has 1 aliphatic rings. The van der Waals surface area contributed by atoms with Crippen molar-refractivity contribution in [2.75, 3.05) is 25.0 Å². The van der Waals surface area contributed by atoms with Crippen LogP contribution in [-0.2, 0) is 9.53 Å². The van der Waals surface area contributed by atoms with Gasteiger partial charge < -0.3 is 15.0 Å². The van der Waals surface area contributed by atoms with Crippen molar-refractivity contribution < 1.29 is 19.2 Å². The summed E-state index contributed by atoms with van der Waals surface area (Å²) in [6, 6.07) is 10.3. The van der Waals surface area contributed by atoms with E-state index in [0.29, 0.717) is 29.8 Å². The number of carbonyl (C=O) groups is 2. The Morgan fingerprint density at radius 1 is 1.14 bits per heavy atom. The van der Waals surface area contributed by atoms with E-state index < -0.39 is 5.97 Å². The summed E-state index contributed by atoms with van der Waals surface area (Å²) in [6.45, 7) is 5.59. The third-order valence-corrected chi connectivity index (χ3v) is 6.53. The number of likely N-dealkylation sites (N-methyl/N-ethyl adjacent to an activating group) is 1. The summed E-state index contributed by atoms with van der Waals surface area (Å²) in [4.78, 5) is 26.8. The van der Waals surface area contributed by atoms with Crippen molar-refractivity contribution >= 4 is 28.2 Å². The molecule has 2 aromatic rings. The Morgan fingerprint density at radius 2 is 1.86 bits per heavy atom. The Labute approximate surface area is 177 Å². The molecule has 1 atom stereocenters. The number of rotatable bonds is 8. The van der Waals surface area contributed by atoms with Crippen molar-refractivity contribution in [3.05, 3.63) is 41.3 Å². The first kappa shape index (κ1) is 21.5. The standard InChI is InChI=1S/C23H30N2O3S/c1-3-25(18-13-9-6-10-14-18)15-20(26)24-22-21(23(27)28-4-2)19(16-29-22)17-11-7-5-8-12-17/h5,7-8,11-12,16,18H,3-4,6,9-10,13-15H2,1-2H3,(H,24,26)/p+1. The average Bonchev–Trinajstić information content (AvgIpc) is 3.17. The molecule has 0 spiro atoms. The topological polar surface area (TPSA) is 59.8 Å². The van der Waals surface area contributed by atoms with Crippen molar-refractivity contribution in [2.24, 2.45) is 0 Å². The van der Waals surface area contributed by atoms with Crippen LogP contribution >= 0.6 is 11.3 Å². The molecular formula is C23H31N2O3S+. The van der Waals surface area contributed by atoms with E-state index in [1.165, 1.54) is 48.3 Å². The maximum absolute atomic E-state index is 12.8. The fraction of sp³-hybridized carbons (Fsp3) is 0.478. The van der Waals surface area contributed by atoms with E-state index >= 15 is 0 Å². The highest BCUT2D eigenvalue weighted by Gasteiger charge is 2.27. The van der Waals surface area contributed by atoms with Crippen LogP contribution in [0.3, 0.4) is 0 Å². The van der Waals surface area contributed by atoms with Crippen molar-refractivity contribution in [1.29, 1.82) is 0 Å². The van der Waals surface area contributed by atoms with Gasteiger partial charge in [-0.15, -0.1) is 11.3 Å². The van der Waals surface area contributed by atoms with E-state index in [1.807, 2.05) is 35.7 Å². The van der Waals surface area contributed by atoms with Gasteiger partial charge in [0.25, 0.3) is 5.91 Å². The molecule has 0 saturated heterocycles. The highest BCUT2D eigenvalue weighted by Crippen LogP contribution is 2.36. The lowest BCUT2D eigenvalue weighted by atomic mass is 9.94. The second-order valence-corrected chi connectivity index (χ2v) is 8.39. The summed E-state index contributed by atoms with van der Waals surface area (Å²) < 4.78 is 5.28. The Kier molecular flexibility index (Phi) is 7.83. The van der Waals surface area contributed by atoms with E-state index in [4.69, 9.17) is 4.74 Å². The predicted molar refractivity (Wildman–Crippen MR) is 118 cm³/mol. The lowest BCUT2D eigenvalue weighted by Crippen LogP contribution is -3.16. The van der Waals surface area contributed by atoms with Gasteiger partial charge >= 0.3 is 5.97 Å². The molecule has 1 saturated carbocycles.